The van der Waals surface area contributed by atoms with Gasteiger partial charge >= 0.3 is 0 Å². The van der Waals surface area contributed by atoms with E-state index >= 15 is 0 Å². The Morgan fingerprint density at radius 1 is 1.30 bits per heavy atom. The van der Waals surface area contributed by atoms with E-state index in [1.807, 2.05) is 11.3 Å². The summed E-state index contributed by atoms with van der Waals surface area (Å²) in [4.78, 5) is 2.80. The van der Waals surface area contributed by atoms with E-state index in [1.54, 1.807) is 6.07 Å². The Bertz CT molecular complexity index is 203. The van der Waals surface area contributed by atoms with Crippen LogP contribution in [-0.2, 0) is 0 Å². The molecular formula is C8H11NS. The maximum Gasteiger partial charge on any atom is 0.0587 e. The highest BCUT2D eigenvalue weighted by Crippen LogP contribution is 2.11. The van der Waals surface area contributed by atoms with Gasteiger partial charge in [0.05, 0.1) is 6.07 Å². The first-order valence-corrected chi connectivity index (χ1v) is 3.86. The normalized spacial score (nSPS) is 7.40. The molecule has 1 aromatic rings. The fourth-order valence-corrected chi connectivity index (χ4v) is 1.34. The number of aryl methyl sites for hydroxylation is 2. The molecule has 0 spiro atoms. The molecule has 0 N–H and O–H groups in total. The van der Waals surface area contributed by atoms with Gasteiger partial charge in [0.2, 0.25) is 0 Å². The summed E-state index contributed by atoms with van der Waals surface area (Å²) in [7, 11) is 0. The summed E-state index contributed by atoms with van der Waals surface area (Å²) in [5, 5.41) is 7.32. The van der Waals surface area contributed by atoms with E-state index in [-0.39, 0.29) is 0 Å². The van der Waals surface area contributed by atoms with Gasteiger partial charge in [0.15, 0.2) is 0 Å². The molecule has 0 saturated carbocycles. The molecule has 0 radical (unpaired) electrons. The second-order valence-corrected chi connectivity index (χ2v) is 3.37. The van der Waals surface area contributed by atoms with Crippen LogP contribution in [0.15, 0.2) is 12.1 Å². The fourth-order valence-electron chi connectivity index (χ4n) is 0.557. The van der Waals surface area contributed by atoms with Gasteiger partial charge in [-0.15, -0.1) is 11.3 Å². The largest absolute Gasteiger partial charge is 0.199 e. The van der Waals surface area contributed by atoms with Crippen molar-refractivity contribution in [2.75, 3.05) is 0 Å². The average Bonchev–Trinajstić information content (AvgIpc) is 2.17. The van der Waals surface area contributed by atoms with Crippen molar-refractivity contribution in [2.24, 2.45) is 0 Å². The molecule has 0 fully saturated rings. The molecule has 0 atom stereocenters. The summed E-state index contributed by atoms with van der Waals surface area (Å²) in [6.07, 6.45) is 0. The second-order valence-electron chi connectivity index (χ2n) is 1.88. The van der Waals surface area contributed by atoms with Crippen molar-refractivity contribution in [2.45, 2.75) is 20.8 Å². The van der Waals surface area contributed by atoms with Crippen molar-refractivity contribution in [3.8, 4) is 6.07 Å². The van der Waals surface area contributed by atoms with Crippen LogP contribution in [0.2, 0.25) is 0 Å². The van der Waals surface area contributed by atoms with Crippen LogP contribution in [0.1, 0.15) is 16.7 Å². The molecule has 1 rings (SSSR count). The molecule has 1 aromatic heterocycles. The van der Waals surface area contributed by atoms with Gasteiger partial charge in [0, 0.05) is 16.7 Å². The van der Waals surface area contributed by atoms with Crippen molar-refractivity contribution in [3.05, 3.63) is 21.9 Å². The van der Waals surface area contributed by atoms with Gasteiger partial charge in [-0.05, 0) is 26.0 Å². The second kappa shape index (κ2) is 5.01. The quantitative estimate of drug-likeness (QED) is 0.562. The van der Waals surface area contributed by atoms with Crippen LogP contribution in [0, 0.1) is 25.2 Å². The van der Waals surface area contributed by atoms with E-state index in [4.69, 9.17) is 5.26 Å². The Balaban J connectivity index is 0.000000236. The lowest BCUT2D eigenvalue weighted by Crippen LogP contribution is -1.44. The van der Waals surface area contributed by atoms with Crippen LogP contribution < -0.4 is 0 Å². The van der Waals surface area contributed by atoms with Gasteiger partial charge in [-0.1, -0.05) is 0 Å². The molecule has 0 amide bonds. The smallest absolute Gasteiger partial charge is 0.0587 e. The van der Waals surface area contributed by atoms with Crippen molar-refractivity contribution in [1.29, 1.82) is 5.26 Å². The average molecular weight is 153 g/mol. The topological polar surface area (TPSA) is 23.8 Å². The molecular weight excluding hydrogens is 142 g/mol. The fraction of sp³-hybridized carbons (Fsp3) is 0.375. The summed E-state index contributed by atoms with van der Waals surface area (Å²) in [5.41, 5.74) is 0. The molecule has 0 aliphatic heterocycles. The minimum absolute atomic E-state index is 1.40. The van der Waals surface area contributed by atoms with Crippen LogP contribution in [0.4, 0.5) is 0 Å². The summed E-state index contributed by atoms with van der Waals surface area (Å²) < 4.78 is 0. The molecule has 54 valence electrons. The lowest BCUT2D eigenvalue weighted by atomic mass is 10.5. The molecule has 1 heterocycles. The predicted octanol–water partition coefficient (Wildman–Crippen LogP) is 2.89. The van der Waals surface area contributed by atoms with Gasteiger partial charge < -0.3 is 0 Å². The minimum Gasteiger partial charge on any atom is -0.199 e. The Hall–Kier alpha value is -0.810. The number of nitrogens with zero attached hydrogens (tertiary/aromatic N) is 1. The summed E-state index contributed by atoms with van der Waals surface area (Å²) >= 11 is 1.84. The molecule has 10 heavy (non-hydrogen) atoms. The van der Waals surface area contributed by atoms with Gasteiger partial charge in [-0.3, -0.25) is 0 Å². The molecule has 0 aromatic carbocycles. The maximum atomic E-state index is 7.32. The molecule has 0 aliphatic carbocycles. The SMILES string of the molecule is CC#N.Cc1ccc(C)s1. The Kier molecular flexibility index (Phi) is 4.61. The van der Waals surface area contributed by atoms with Crippen molar-refractivity contribution < 1.29 is 0 Å². The molecule has 0 aliphatic rings. The predicted molar refractivity (Wildman–Crippen MR) is 45.1 cm³/mol. The standard InChI is InChI=1S/C6H8S.C2H3N/c1-5-3-4-6(2)7-5;1-2-3/h3-4H,1-2H3;1H3. The third kappa shape index (κ3) is 4.11. The monoisotopic (exact) mass is 153 g/mol. The van der Waals surface area contributed by atoms with Gasteiger partial charge in [-0.2, -0.15) is 5.26 Å². The van der Waals surface area contributed by atoms with Crippen molar-refractivity contribution in [3.63, 3.8) is 0 Å². The summed E-state index contributed by atoms with van der Waals surface area (Å²) in [6, 6.07) is 6.03. The number of rotatable bonds is 0. The zero-order valence-electron chi connectivity index (χ0n) is 6.51. The van der Waals surface area contributed by atoms with E-state index in [1.165, 1.54) is 16.7 Å². The molecule has 0 bridgehead atoms. The van der Waals surface area contributed by atoms with E-state index in [2.05, 4.69) is 26.0 Å². The van der Waals surface area contributed by atoms with Crippen molar-refractivity contribution in [1.82, 2.24) is 0 Å². The summed E-state index contributed by atoms with van der Waals surface area (Å²) in [5.74, 6) is 0. The van der Waals surface area contributed by atoms with Gasteiger partial charge in [0.25, 0.3) is 0 Å². The van der Waals surface area contributed by atoms with E-state index in [0.717, 1.165) is 0 Å². The highest BCUT2D eigenvalue weighted by Gasteiger charge is 1.84. The van der Waals surface area contributed by atoms with Gasteiger partial charge in [-0.25, -0.2) is 0 Å². The third-order valence-electron chi connectivity index (χ3n) is 0.875. The zero-order chi connectivity index (χ0) is 7.98. The van der Waals surface area contributed by atoms with Crippen LogP contribution in [-0.4, -0.2) is 0 Å². The first-order chi connectivity index (χ1) is 4.70. The Morgan fingerprint density at radius 3 is 1.70 bits per heavy atom. The first kappa shape index (κ1) is 9.19. The maximum absolute atomic E-state index is 7.32. The highest BCUT2D eigenvalue weighted by atomic mass is 32.1. The lowest BCUT2D eigenvalue weighted by Gasteiger charge is -1.71. The van der Waals surface area contributed by atoms with Gasteiger partial charge in [0.1, 0.15) is 0 Å². The van der Waals surface area contributed by atoms with Crippen LogP contribution in [0.25, 0.3) is 0 Å². The Morgan fingerprint density at radius 2 is 1.60 bits per heavy atom. The Labute approximate surface area is 65.9 Å². The first-order valence-electron chi connectivity index (χ1n) is 3.04. The van der Waals surface area contributed by atoms with Crippen molar-refractivity contribution >= 4 is 11.3 Å². The molecule has 0 saturated heterocycles. The summed E-state index contributed by atoms with van der Waals surface area (Å²) in [6.45, 7) is 5.68. The number of hydrogen-bond donors (Lipinski definition) is 0. The number of thiophene rings is 1. The van der Waals surface area contributed by atoms with E-state index in [0.29, 0.717) is 0 Å². The van der Waals surface area contributed by atoms with E-state index in [9.17, 15) is 0 Å². The number of nitriles is 1. The zero-order valence-corrected chi connectivity index (χ0v) is 7.33. The highest BCUT2D eigenvalue weighted by molar-refractivity contribution is 7.11. The van der Waals surface area contributed by atoms with Crippen LogP contribution >= 0.6 is 11.3 Å². The molecule has 1 nitrogen and oxygen atoms in total. The van der Waals surface area contributed by atoms with Crippen LogP contribution in [0.5, 0.6) is 0 Å². The number of hydrogen-bond acceptors (Lipinski definition) is 2. The third-order valence-corrected chi connectivity index (χ3v) is 1.79. The van der Waals surface area contributed by atoms with E-state index < -0.39 is 0 Å². The lowest BCUT2D eigenvalue weighted by molar-refractivity contribution is 1.49. The minimum atomic E-state index is 1.40. The van der Waals surface area contributed by atoms with Crippen LogP contribution in [0.3, 0.4) is 0 Å². The molecule has 0 unspecified atom stereocenters. The molecule has 2 heteroatoms.